The van der Waals surface area contributed by atoms with E-state index in [1.54, 1.807) is 36.1 Å². The Kier molecular flexibility index (Phi) is 6.60. The van der Waals surface area contributed by atoms with Crippen LogP contribution < -0.4 is 10.6 Å². The normalized spacial score (nSPS) is 17.0. The Hall–Kier alpha value is -2.83. The van der Waals surface area contributed by atoms with Gasteiger partial charge in [-0.1, -0.05) is 32.9 Å². The molecule has 0 fully saturated rings. The quantitative estimate of drug-likeness (QED) is 0.750. The summed E-state index contributed by atoms with van der Waals surface area (Å²) in [5.41, 5.74) is 2.40. The summed E-state index contributed by atoms with van der Waals surface area (Å²) in [6, 6.07) is 6.23. The van der Waals surface area contributed by atoms with Gasteiger partial charge in [-0.05, 0) is 31.0 Å². The summed E-state index contributed by atoms with van der Waals surface area (Å²) < 4.78 is 4.94. The van der Waals surface area contributed by atoms with Gasteiger partial charge < -0.3 is 15.4 Å². The molecule has 3 amide bonds. The van der Waals surface area contributed by atoms with Gasteiger partial charge in [-0.2, -0.15) is 0 Å². The number of rotatable bonds is 6. The third-order valence-corrected chi connectivity index (χ3v) is 4.48. The second kappa shape index (κ2) is 8.70. The number of anilines is 1. The summed E-state index contributed by atoms with van der Waals surface area (Å²) in [5, 5.41) is 5.70. The summed E-state index contributed by atoms with van der Waals surface area (Å²) in [5.74, 6) is -0.672. The van der Waals surface area contributed by atoms with E-state index in [0.717, 1.165) is 12.0 Å². The fourth-order valence-corrected chi connectivity index (χ4v) is 2.94. The molecule has 1 aromatic carbocycles. The van der Waals surface area contributed by atoms with Gasteiger partial charge in [0.1, 0.15) is 0 Å². The monoisotopic (exact) mass is 373 g/mol. The summed E-state index contributed by atoms with van der Waals surface area (Å²) in [6.07, 6.45) is 0.772. The average Bonchev–Trinajstić information content (AvgIpc) is 2.64. The SMILES string of the molecule is CCCN1C(=O)NC(c2ccc(NC(=O)C(C)C)cc2)C(C(=O)OC)=C1C. The zero-order chi connectivity index (χ0) is 20.1. The van der Waals surface area contributed by atoms with Crippen molar-refractivity contribution in [3.63, 3.8) is 0 Å². The van der Waals surface area contributed by atoms with Crippen LogP contribution in [-0.2, 0) is 14.3 Å². The Morgan fingerprint density at radius 2 is 1.89 bits per heavy atom. The summed E-state index contributed by atoms with van der Waals surface area (Å²) in [4.78, 5) is 38.3. The van der Waals surface area contributed by atoms with Gasteiger partial charge in [-0.15, -0.1) is 0 Å². The van der Waals surface area contributed by atoms with Crippen LogP contribution in [0.2, 0.25) is 0 Å². The maximum absolute atomic E-state index is 12.5. The van der Waals surface area contributed by atoms with Gasteiger partial charge in [0.05, 0.1) is 18.7 Å². The minimum atomic E-state index is -0.604. The van der Waals surface area contributed by atoms with Gasteiger partial charge in [0.15, 0.2) is 0 Å². The van der Waals surface area contributed by atoms with Gasteiger partial charge >= 0.3 is 12.0 Å². The maximum atomic E-state index is 12.5. The van der Waals surface area contributed by atoms with E-state index in [9.17, 15) is 14.4 Å². The Bertz CT molecular complexity index is 753. The van der Waals surface area contributed by atoms with Crippen LogP contribution in [-0.4, -0.2) is 36.5 Å². The standard InChI is InChI=1S/C20H27N3O4/c1-6-11-23-13(4)16(19(25)27-5)17(22-20(23)26)14-7-9-15(10-8-14)21-18(24)12(2)3/h7-10,12,17H,6,11H2,1-5H3,(H,21,24)(H,22,26). The van der Waals surface area contributed by atoms with Crippen LogP contribution in [0.15, 0.2) is 35.5 Å². The van der Waals surface area contributed by atoms with Gasteiger partial charge in [-0.3, -0.25) is 9.69 Å². The van der Waals surface area contributed by atoms with Crippen molar-refractivity contribution >= 4 is 23.6 Å². The molecule has 0 bridgehead atoms. The molecule has 7 nitrogen and oxygen atoms in total. The zero-order valence-corrected chi connectivity index (χ0v) is 16.5. The van der Waals surface area contributed by atoms with Gasteiger partial charge in [0.2, 0.25) is 5.91 Å². The van der Waals surface area contributed by atoms with Crippen LogP contribution in [0.4, 0.5) is 10.5 Å². The first-order valence-electron chi connectivity index (χ1n) is 9.08. The van der Waals surface area contributed by atoms with Crippen LogP contribution in [0.3, 0.4) is 0 Å². The van der Waals surface area contributed by atoms with Crippen molar-refractivity contribution in [2.75, 3.05) is 19.0 Å². The van der Waals surface area contributed by atoms with Crippen molar-refractivity contribution in [2.45, 2.75) is 40.2 Å². The van der Waals surface area contributed by atoms with E-state index >= 15 is 0 Å². The van der Waals surface area contributed by atoms with Gasteiger partial charge in [0, 0.05) is 23.8 Å². The van der Waals surface area contributed by atoms with E-state index in [4.69, 9.17) is 4.74 Å². The molecule has 0 saturated carbocycles. The Morgan fingerprint density at radius 3 is 2.41 bits per heavy atom. The molecule has 1 aliphatic rings. The molecular weight excluding hydrogens is 346 g/mol. The third-order valence-electron chi connectivity index (χ3n) is 4.48. The topological polar surface area (TPSA) is 87.7 Å². The fraction of sp³-hybridized carbons (Fsp3) is 0.450. The molecule has 0 saturated heterocycles. The molecule has 0 aliphatic carbocycles. The molecule has 0 radical (unpaired) electrons. The second-order valence-corrected chi connectivity index (χ2v) is 6.79. The lowest BCUT2D eigenvalue weighted by Gasteiger charge is -2.35. The molecule has 2 N–H and O–H groups in total. The smallest absolute Gasteiger partial charge is 0.337 e. The first-order chi connectivity index (χ1) is 12.8. The van der Waals surface area contributed by atoms with Crippen molar-refractivity contribution in [2.24, 2.45) is 5.92 Å². The lowest BCUT2D eigenvalue weighted by molar-refractivity contribution is -0.136. The number of hydrogen-bond donors (Lipinski definition) is 2. The predicted octanol–water partition coefficient (Wildman–Crippen LogP) is 3.20. The molecule has 7 heteroatoms. The number of hydrogen-bond acceptors (Lipinski definition) is 4. The number of allylic oxidation sites excluding steroid dienone is 1. The van der Waals surface area contributed by atoms with Crippen molar-refractivity contribution in [1.82, 2.24) is 10.2 Å². The molecular formula is C20H27N3O4. The number of carbonyl (C=O) groups excluding carboxylic acids is 3. The molecule has 1 heterocycles. The van der Waals surface area contributed by atoms with Crippen molar-refractivity contribution in [3.8, 4) is 0 Å². The first kappa shape index (κ1) is 20.5. The highest BCUT2D eigenvalue weighted by atomic mass is 16.5. The highest BCUT2D eigenvalue weighted by molar-refractivity contribution is 5.95. The average molecular weight is 373 g/mol. The van der Waals surface area contributed by atoms with E-state index in [1.807, 2.05) is 20.8 Å². The number of urea groups is 1. The number of esters is 1. The maximum Gasteiger partial charge on any atom is 0.337 e. The first-order valence-corrected chi connectivity index (χ1v) is 9.08. The molecule has 2 rings (SSSR count). The number of benzene rings is 1. The van der Waals surface area contributed by atoms with Crippen molar-refractivity contribution in [3.05, 3.63) is 41.1 Å². The molecule has 1 unspecified atom stereocenters. The fourth-order valence-electron chi connectivity index (χ4n) is 2.94. The summed E-state index contributed by atoms with van der Waals surface area (Å²) >= 11 is 0. The molecule has 1 aromatic rings. The summed E-state index contributed by atoms with van der Waals surface area (Å²) in [7, 11) is 1.32. The summed E-state index contributed by atoms with van der Waals surface area (Å²) in [6.45, 7) is 7.88. The minimum Gasteiger partial charge on any atom is -0.466 e. The number of nitrogens with zero attached hydrogens (tertiary/aromatic N) is 1. The van der Waals surface area contributed by atoms with E-state index in [2.05, 4.69) is 10.6 Å². The van der Waals surface area contributed by atoms with Crippen LogP contribution >= 0.6 is 0 Å². The third kappa shape index (κ3) is 4.48. The van der Waals surface area contributed by atoms with Gasteiger partial charge in [0.25, 0.3) is 0 Å². The van der Waals surface area contributed by atoms with Crippen LogP contribution in [0.25, 0.3) is 0 Å². The lowest BCUT2D eigenvalue weighted by Crippen LogP contribution is -2.48. The van der Waals surface area contributed by atoms with Gasteiger partial charge in [-0.25, -0.2) is 9.59 Å². The molecule has 1 atom stereocenters. The highest BCUT2D eigenvalue weighted by Gasteiger charge is 2.35. The number of carbonyl (C=O) groups is 3. The van der Waals surface area contributed by atoms with Crippen LogP contribution in [0.1, 0.15) is 45.7 Å². The molecule has 27 heavy (non-hydrogen) atoms. The number of ether oxygens (including phenoxy) is 1. The second-order valence-electron chi connectivity index (χ2n) is 6.79. The highest BCUT2D eigenvalue weighted by Crippen LogP contribution is 2.31. The number of methoxy groups -OCH3 is 1. The van der Waals surface area contributed by atoms with Crippen molar-refractivity contribution in [1.29, 1.82) is 0 Å². The van der Waals surface area contributed by atoms with E-state index in [0.29, 0.717) is 23.5 Å². The van der Waals surface area contributed by atoms with Crippen LogP contribution in [0.5, 0.6) is 0 Å². The Balaban J connectivity index is 2.36. The molecule has 0 spiro atoms. The largest absolute Gasteiger partial charge is 0.466 e. The van der Waals surface area contributed by atoms with E-state index < -0.39 is 12.0 Å². The number of amides is 3. The molecule has 0 aromatic heterocycles. The van der Waals surface area contributed by atoms with Crippen molar-refractivity contribution < 1.29 is 19.1 Å². The minimum absolute atomic E-state index is 0.0742. The number of nitrogens with one attached hydrogen (secondary N) is 2. The Morgan fingerprint density at radius 1 is 1.26 bits per heavy atom. The zero-order valence-electron chi connectivity index (χ0n) is 16.5. The molecule has 146 valence electrons. The predicted molar refractivity (Wildman–Crippen MR) is 103 cm³/mol. The lowest BCUT2D eigenvalue weighted by atomic mass is 9.94. The Labute approximate surface area is 159 Å². The van der Waals surface area contributed by atoms with E-state index in [-0.39, 0.29) is 17.9 Å². The van der Waals surface area contributed by atoms with E-state index in [1.165, 1.54) is 7.11 Å². The van der Waals surface area contributed by atoms with Crippen LogP contribution in [0, 0.1) is 5.92 Å². The molecule has 1 aliphatic heterocycles.